The summed E-state index contributed by atoms with van der Waals surface area (Å²) < 4.78 is 0. The zero-order chi connectivity index (χ0) is 24.4. The summed E-state index contributed by atoms with van der Waals surface area (Å²) in [4.78, 5) is 21.5. The van der Waals surface area contributed by atoms with Crippen molar-refractivity contribution < 1.29 is 4.79 Å². The topological polar surface area (TPSA) is 64.1 Å². The van der Waals surface area contributed by atoms with Gasteiger partial charge in [0, 0.05) is 50.9 Å². The van der Waals surface area contributed by atoms with Crippen LogP contribution in [-0.2, 0) is 11.2 Å². The Kier molecular flexibility index (Phi) is 7.00. The molecule has 5 rings (SSSR count). The van der Waals surface area contributed by atoms with E-state index in [-0.39, 0.29) is 17.3 Å². The van der Waals surface area contributed by atoms with Crippen LogP contribution in [0.25, 0.3) is 5.70 Å². The van der Waals surface area contributed by atoms with Gasteiger partial charge < -0.3 is 15.1 Å². The fraction of sp³-hybridized carbons (Fsp3) is 0.444. The van der Waals surface area contributed by atoms with Crippen LogP contribution < -0.4 is 5.32 Å². The number of nitrogens with zero attached hydrogens (tertiary/aromatic N) is 5. The molecule has 0 saturated carbocycles. The molecule has 3 aliphatic heterocycles. The molecule has 1 unspecified atom stereocenters. The molecular weight excluding hydrogens is 456 g/mol. The van der Waals surface area contributed by atoms with Crippen LogP contribution in [0.5, 0.6) is 0 Å². The van der Waals surface area contributed by atoms with Gasteiger partial charge in [-0.2, -0.15) is 0 Å². The van der Waals surface area contributed by atoms with E-state index in [1.165, 1.54) is 11.1 Å². The lowest BCUT2D eigenvalue weighted by Crippen LogP contribution is -2.43. The smallest absolute Gasteiger partial charge is 0.225 e. The number of aromatic nitrogens is 1. The van der Waals surface area contributed by atoms with E-state index in [2.05, 4.69) is 59.5 Å². The Balaban J connectivity index is 1.12. The van der Waals surface area contributed by atoms with Gasteiger partial charge in [0.25, 0.3) is 0 Å². The minimum Gasteiger partial charge on any atom is -0.353 e. The zero-order valence-corrected chi connectivity index (χ0v) is 21.5. The summed E-state index contributed by atoms with van der Waals surface area (Å²) >= 11 is 1.75. The summed E-state index contributed by atoms with van der Waals surface area (Å²) in [5, 5.41) is 11.5. The highest BCUT2D eigenvalue weighted by atomic mass is 32.2. The van der Waals surface area contributed by atoms with Gasteiger partial charge in [0.15, 0.2) is 10.7 Å². The lowest BCUT2D eigenvalue weighted by atomic mass is 9.95. The zero-order valence-electron chi connectivity index (χ0n) is 20.7. The van der Waals surface area contributed by atoms with E-state index < -0.39 is 0 Å². The predicted octanol–water partition coefficient (Wildman–Crippen LogP) is 4.12. The molecule has 4 heterocycles. The Bertz CT molecular complexity index is 1090. The highest BCUT2D eigenvalue weighted by molar-refractivity contribution is 8.14. The first-order valence-electron chi connectivity index (χ1n) is 12.5. The lowest BCUT2D eigenvalue weighted by molar-refractivity contribution is -0.135. The van der Waals surface area contributed by atoms with E-state index in [0.29, 0.717) is 12.5 Å². The van der Waals surface area contributed by atoms with Crippen LogP contribution in [-0.4, -0.2) is 63.0 Å². The van der Waals surface area contributed by atoms with Crippen LogP contribution >= 0.6 is 11.8 Å². The summed E-state index contributed by atoms with van der Waals surface area (Å²) in [6, 6.07) is 14.7. The molecule has 184 valence electrons. The van der Waals surface area contributed by atoms with Crippen molar-refractivity contribution in [3.05, 3.63) is 71.7 Å². The first kappa shape index (κ1) is 23.7. The number of amidine groups is 1. The number of likely N-dealkylation sites (N-methyl/N-ethyl adjacent to an activating group) is 1. The van der Waals surface area contributed by atoms with Gasteiger partial charge >= 0.3 is 0 Å². The molecule has 3 aliphatic rings. The highest BCUT2D eigenvalue weighted by Gasteiger charge is 2.36. The number of likely N-dealkylation sites (tertiary alicyclic amines) is 1. The number of fused-ring (bicyclic) bond motifs is 1. The second-order valence-electron chi connectivity index (χ2n) is 9.79. The monoisotopic (exact) mass is 490 g/mol. The average Bonchev–Trinajstić information content (AvgIpc) is 3.47. The molecule has 0 spiro atoms. The van der Waals surface area contributed by atoms with Gasteiger partial charge in [0.1, 0.15) is 0 Å². The van der Waals surface area contributed by atoms with Crippen LogP contribution in [0, 0.1) is 5.92 Å². The number of benzene rings is 1. The Morgan fingerprint density at radius 1 is 1.17 bits per heavy atom. The third kappa shape index (κ3) is 5.32. The first-order valence-corrected chi connectivity index (χ1v) is 13.4. The molecule has 1 N–H and O–H groups in total. The van der Waals surface area contributed by atoms with Crippen molar-refractivity contribution in [1.82, 2.24) is 25.1 Å². The molecule has 1 amide bonds. The molecule has 1 aromatic heterocycles. The van der Waals surface area contributed by atoms with Crippen LogP contribution in [0.4, 0.5) is 0 Å². The van der Waals surface area contributed by atoms with Crippen molar-refractivity contribution in [2.24, 2.45) is 11.0 Å². The van der Waals surface area contributed by atoms with Crippen molar-refractivity contribution in [1.29, 1.82) is 0 Å². The molecule has 8 heteroatoms. The summed E-state index contributed by atoms with van der Waals surface area (Å²) in [6.07, 6.45) is 6.43. The van der Waals surface area contributed by atoms with Gasteiger partial charge in [0.2, 0.25) is 5.91 Å². The van der Waals surface area contributed by atoms with Gasteiger partial charge in [-0.05, 0) is 53.8 Å². The third-order valence-electron chi connectivity index (χ3n) is 7.01. The molecule has 1 saturated heterocycles. The normalized spacial score (nSPS) is 19.9. The summed E-state index contributed by atoms with van der Waals surface area (Å²) in [5.41, 5.74) is 4.77. The SMILES string of the molecule is CC(C)c1ccc(C2=CN3N=C(N4CCC(C(=O)N(C)CCc5ccccn5)CC4)SC3N2)cc1. The number of amides is 1. The number of pyridine rings is 1. The predicted molar refractivity (Wildman–Crippen MR) is 142 cm³/mol. The number of piperidine rings is 1. The fourth-order valence-corrected chi connectivity index (χ4v) is 5.81. The highest BCUT2D eigenvalue weighted by Crippen LogP contribution is 2.35. The molecule has 0 bridgehead atoms. The van der Waals surface area contributed by atoms with Gasteiger partial charge in [-0.15, -0.1) is 5.10 Å². The van der Waals surface area contributed by atoms with Crippen LogP contribution in [0.2, 0.25) is 0 Å². The van der Waals surface area contributed by atoms with E-state index in [4.69, 9.17) is 5.10 Å². The van der Waals surface area contributed by atoms with E-state index >= 15 is 0 Å². The minimum atomic E-state index is 0.0882. The Labute approximate surface area is 212 Å². The number of carbonyl (C=O) groups excluding carboxylic acids is 1. The van der Waals surface area contributed by atoms with E-state index in [1.807, 2.05) is 35.2 Å². The van der Waals surface area contributed by atoms with E-state index in [1.54, 1.807) is 18.0 Å². The number of hydrogen-bond acceptors (Lipinski definition) is 7. The van der Waals surface area contributed by atoms with Crippen molar-refractivity contribution in [3.8, 4) is 0 Å². The lowest BCUT2D eigenvalue weighted by Gasteiger charge is -2.33. The molecular formula is C27H34N6OS. The standard InChI is InChI=1S/C27H34N6OS/c1-19(2)20-7-9-21(10-8-20)24-18-33-26(29-24)35-27(30-33)32-16-11-22(12-17-32)25(34)31(3)15-13-23-6-4-5-14-28-23/h4-10,14,18-19,22,26,29H,11-13,15-17H2,1-3H3. The van der Waals surface area contributed by atoms with Crippen LogP contribution in [0.15, 0.2) is 60.0 Å². The maximum atomic E-state index is 13.0. The number of hydrogen-bond donors (Lipinski definition) is 1. The molecule has 1 aromatic carbocycles. The molecule has 0 radical (unpaired) electrons. The van der Waals surface area contributed by atoms with Gasteiger partial charge in [-0.1, -0.05) is 44.2 Å². The number of hydrazone groups is 1. The number of nitrogens with one attached hydrogen (secondary N) is 1. The van der Waals surface area contributed by atoms with E-state index in [0.717, 1.165) is 48.9 Å². The van der Waals surface area contributed by atoms with Crippen molar-refractivity contribution in [2.75, 3.05) is 26.7 Å². The summed E-state index contributed by atoms with van der Waals surface area (Å²) in [7, 11) is 1.91. The van der Waals surface area contributed by atoms with Crippen LogP contribution in [0.3, 0.4) is 0 Å². The summed E-state index contributed by atoms with van der Waals surface area (Å²) in [5.74, 6) is 0.872. The Morgan fingerprint density at radius 3 is 2.60 bits per heavy atom. The number of thioether (sulfide) groups is 1. The second-order valence-corrected chi connectivity index (χ2v) is 10.8. The minimum absolute atomic E-state index is 0.0882. The van der Waals surface area contributed by atoms with Crippen molar-refractivity contribution in [2.45, 2.75) is 44.5 Å². The van der Waals surface area contributed by atoms with Crippen LogP contribution in [0.1, 0.15) is 49.4 Å². The first-order chi connectivity index (χ1) is 17.0. The molecule has 0 aliphatic carbocycles. The molecule has 35 heavy (non-hydrogen) atoms. The molecule has 1 atom stereocenters. The molecule has 7 nitrogen and oxygen atoms in total. The Hall–Kier alpha value is -3.00. The molecule has 2 aromatic rings. The quantitative estimate of drug-likeness (QED) is 0.657. The van der Waals surface area contributed by atoms with Crippen molar-refractivity contribution >= 4 is 28.5 Å². The van der Waals surface area contributed by atoms with E-state index in [9.17, 15) is 4.79 Å². The Morgan fingerprint density at radius 2 is 1.94 bits per heavy atom. The largest absolute Gasteiger partial charge is 0.353 e. The maximum absolute atomic E-state index is 13.0. The molecule has 1 fully saturated rings. The number of carbonyl (C=O) groups is 1. The van der Waals surface area contributed by atoms with Gasteiger partial charge in [-0.25, -0.2) is 5.01 Å². The summed E-state index contributed by atoms with van der Waals surface area (Å²) in [6.45, 7) is 6.86. The average molecular weight is 491 g/mol. The second kappa shape index (κ2) is 10.3. The number of rotatable bonds is 6. The maximum Gasteiger partial charge on any atom is 0.225 e. The van der Waals surface area contributed by atoms with Gasteiger partial charge in [0.05, 0.1) is 11.9 Å². The fourth-order valence-electron chi connectivity index (χ4n) is 4.73. The third-order valence-corrected chi connectivity index (χ3v) is 8.12. The van der Waals surface area contributed by atoms with Crippen molar-refractivity contribution in [3.63, 3.8) is 0 Å². The van der Waals surface area contributed by atoms with Gasteiger partial charge in [-0.3, -0.25) is 9.78 Å².